The number of aliphatic hydroxyl groups is 1. The normalized spacial score (nSPS) is 19.2. The van der Waals surface area contributed by atoms with Crippen molar-refractivity contribution in [1.29, 1.82) is 5.26 Å². The molecular weight excluding hydrogens is 467 g/mol. The molecule has 1 fully saturated rings. The highest BCUT2D eigenvalue weighted by Crippen LogP contribution is 2.39. The van der Waals surface area contributed by atoms with Crippen LogP contribution in [0.15, 0.2) is 22.8 Å². The third kappa shape index (κ3) is 5.00. The van der Waals surface area contributed by atoms with Crippen LogP contribution in [0, 0.1) is 24.2 Å². The van der Waals surface area contributed by atoms with Gasteiger partial charge in [0.15, 0.2) is 0 Å². The zero-order valence-corrected chi connectivity index (χ0v) is 17.5. The molecule has 1 saturated heterocycles. The number of nitrogens with one attached hydrogen (secondary N) is 2. The molecule has 0 aliphatic carbocycles. The number of aliphatic hydroxyl groups excluding tert-OH is 1. The Kier molecular flexibility index (Phi) is 6.80. The molecule has 2 atom stereocenters. The van der Waals surface area contributed by atoms with Gasteiger partial charge in [0.1, 0.15) is 5.82 Å². The number of nitrogens with zero attached hydrogens (tertiary/aromatic N) is 3. The molecule has 0 spiro atoms. The van der Waals surface area contributed by atoms with Crippen molar-refractivity contribution < 1.29 is 23.0 Å². The highest BCUT2D eigenvalue weighted by Gasteiger charge is 2.34. The first-order chi connectivity index (χ1) is 14.2. The lowest BCUT2D eigenvalue weighted by Crippen LogP contribution is -2.38. The number of anilines is 3. The summed E-state index contributed by atoms with van der Waals surface area (Å²) < 4.78 is 45.2. The molecule has 160 valence electrons. The Bertz CT molecular complexity index is 964. The molecule has 30 heavy (non-hydrogen) atoms. The van der Waals surface area contributed by atoms with E-state index < -0.39 is 18.3 Å². The van der Waals surface area contributed by atoms with Crippen LogP contribution in [0.1, 0.15) is 23.1 Å². The number of benzene rings is 1. The van der Waals surface area contributed by atoms with Gasteiger partial charge in [0, 0.05) is 28.5 Å². The Morgan fingerprint density at radius 3 is 2.83 bits per heavy atom. The van der Waals surface area contributed by atoms with Crippen molar-refractivity contribution in [2.24, 2.45) is 5.92 Å². The molecule has 0 bridgehead atoms. The van der Waals surface area contributed by atoms with Gasteiger partial charge in [-0.05, 0) is 47.0 Å². The van der Waals surface area contributed by atoms with Gasteiger partial charge in [0.2, 0.25) is 5.95 Å². The number of halogens is 4. The van der Waals surface area contributed by atoms with E-state index in [4.69, 9.17) is 4.74 Å². The number of aromatic nitrogens is 2. The predicted molar refractivity (Wildman–Crippen MR) is 107 cm³/mol. The Balaban J connectivity index is 1.88. The summed E-state index contributed by atoms with van der Waals surface area (Å²) >= 11 is 2.90. The first-order valence-electron chi connectivity index (χ1n) is 9.08. The fraction of sp³-hybridized carbons (Fsp3) is 0.421. The average Bonchev–Trinajstić information content (AvgIpc) is 2.71. The molecule has 0 unspecified atom stereocenters. The Labute approximate surface area is 179 Å². The average molecular weight is 486 g/mol. The van der Waals surface area contributed by atoms with Gasteiger partial charge in [-0.2, -0.15) is 23.4 Å². The molecule has 2 heterocycles. The smallest absolute Gasteiger partial charge is 0.392 e. The van der Waals surface area contributed by atoms with Crippen molar-refractivity contribution in [1.82, 2.24) is 9.97 Å². The van der Waals surface area contributed by atoms with Crippen LogP contribution in [0.25, 0.3) is 0 Å². The summed E-state index contributed by atoms with van der Waals surface area (Å²) in [5.41, 5.74) is -0.0434. The quantitative estimate of drug-likeness (QED) is 0.584. The van der Waals surface area contributed by atoms with Crippen molar-refractivity contribution >= 4 is 33.4 Å². The van der Waals surface area contributed by atoms with E-state index in [-0.39, 0.29) is 33.6 Å². The summed E-state index contributed by atoms with van der Waals surface area (Å²) in [5.74, 6) is 0.295. The molecule has 3 N–H and O–H groups in total. The van der Waals surface area contributed by atoms with E-state index in [1.54, 1.807) is 6.92 Å². The van der Waals surface area contributed by atoms with Gasteiger partial charge in [-0.3, -0.25) is 0 Å². The van der Waals surface area contributed by atoms with Crippen molar-refractivity contribution in [2.45, 2.75) is 32.2 Å². The van der Waals surface area contributed by atoms with Crippen molar-refractivity contribution in [3.63, 3.8) is 0 Å². The Morgan fingerprint density at radius 1 is 1.40 bits per heavy atom. The third-order valence-electron chi connectivity index (χ3n) is 4.70. The predicted octanol–water partition coefficient (Wildman–Crippen LogP) is 4.14. The summed E-state index contributed by atoms with van der Waals surface area (Å²) in [4.78, 5) is 8.47. The minimum atomic E-state index is -4.60. The second kappa shape index (κ2) is 9.16. The monoisotopic (exact) mass is 485 g/mol. The molecule has 11 heteroatoms. The SMILES string of the molecule is Cc1cnc(Nc2cc(CO)c(Br)c(C(F)(F)F)c2)nc1N[C@@H]1COCC[C@H]1C#N. The van der Waals surface area contributed by atoms with Crippen molar-refractivity contribution in [2.75, 3.05) is 23.8 Å². The molecule has 0 saturated carbocycles. The number of ether oxygens (including phenoxy) is 1. The topological polar surface area (TPSA) is 103 Å². The molecule has 1 aromatic heterocycles. The van der Waals surface area contributed by atoms with Gasteiger partial charge < -0.3 is 20.5 Å². The van der Waals surface area contributed by atoms with E-state index in [2.05, 4.69) is 42.6 Å². The highest BCUT2D eigenvalue weighted by molar-refractivity contribution is 9.10. The van der Waals surface area contributed by atoms with Gasteiger partial charge in [-0.1, -0.05) is 0 Å². The van der Waals surface area contributed by atoms with E-state index in [0.717, 1.165) is 6.07 Å². The maximum atomic E-state index is 13.3. The van der Waals surface area contributed by atoms with Crippen LogP contribution >= 0.6 is 15.9 Å². The van der Waals surface area contributed by atoms with Crippen LogP contribution < -0.4 is 10.6 Å². The van der Waals surface area contributed by atoms with Crippen molar-refractivity contribution in [3.8, 4) is 6.07 Å². The van der Waals surface area contributed by atoms with Gasteiger partial charge in [0.25, 0.3) is 0 Å². The largest absolute Gasteiger partial charge is 0.417 e. The molecule has 2 aromatic rings. The summed E-state index contributed by atoms with van der Waals surface area (Å²) in [6, 6.07) is 4.30. The number of rotatable bonds is 5. The Morgan fingerprint density at radius 2 is 2.17 bits per heavy atom. The van der Waals surface area contributed by atoms with E-state index in [1.807, 2.05) is 0 Å². The van der Waals surface area contributed by atoms with E-state index in [1.165, 1.54) is 12.3 Å². The Hall–Kier alpha value is -2.42. The number of alkyl halides is 3. The molecule has 1 aliphatic heterocycles. The van der Waals surface area contributed by atoms with E-state index in [0.29, 0.717) is 31.0 Å². The molecule has 3 rings (SSSR count). The third-order valence-corrected chi connectivity index (χ3v) is 5.63. The second-order valence-corrected chi connectivity index (χ2v) is 7.65. The van der Waals surface area contributed by atoms with Crippen LogP contribution in [0.2, 0.25) is 0 Å². The summed E-state index contributed by atoms with van der Waals surface area (Å²) in [6.07, 6.45) is -2.47. The van der Waals surface area contributed by atoms with E-state index in [9.17, 15) is 23.5 Å². The van der Waals surface area contributed by atoms with Crippen LogP contribution in [-0.2, 0) is 17.5 Å². The fourth-order valence-corrected chi connectivity index (χ4v) is 3.64. The maximum Gasteiger partial charge on any atom is 0.417 e. The number of aryl methyl sites for hydroxylation is 1. The van der Waals surface area contributed by atoms with Gasteiger partial charge in [0.05, 0.1) is 36.8 Å². The van der Waals surface area contributed by atoms with Gasteiger partial charge >= 0.3 is 6.18 Å². The highest BCUT2D eigenvalue weighted by atomic mass is 79.9. The number of hydrogen-bond acceptors (Lipinski definition) is 7. The maximum absolute atomic E-state index is 13.3. The van der Waals surface area contributed by atoms with Crippen LogP contribution in [0.5, 0.6) is 0 Å². The minimum Gasteiger partial charge on any atom is -0.392 e. The first kappa shape index (κ1) is 22.3. The summed E-state index contributed by atoms with van der Waals surface area (Å²) in [7, 11) is 0. The zero-order valence-electron chi connectivity index (χ0n) is 15.9. The molecule has 0 radical (unpaired) electrons. The molecule has 1 aromatic carbocycles. The summed E-state index contributed by atoms with van der Waals surface area (Å²) in [6.45, 7) is 2.08. The van der Waals surface area contributed by atoms with E-state index >= 15 is 0 Å². The van der Waals surface area contributed by atoms with Crippen LogP contribution in [0.3, 0.4) is 0 Å². The summed E-state index contributed by atoms with van der Waals surface area (Å²) in [5, 5.41) is 24.7. The first-order valence-corrected chi connectivity index (χ1v) is 9.87. The van der Waals surface area contributed by atoms with Gasteiger partial charge in [-0.25, -0.2) is 4.98 Å². The number of hydrogen-bond donors (Lipinski definition) is 3. The van der Waals surface area contributed by atoms with Crippen molar-refractivity contribution in [3.05, 3.63) is 39.5 Å². The molecule has 0 amide bonds. The number of nitriles is 1. The zero-order chi connectivity index (χ0) is 21.9. The van der Waals surface area contributed by atoms with Crippen LogP contribution in [0.4, 0.5) is 30.6 Å². The molecule has 7 nitrogen and oxygen atoms in total. The molecule has 1 aliphatic rings. The van der Waals surface area contributed by atoms with Crippen LogP contribution in [-0.4, -0.2) is 34.3 Å². The van der Waals surface area contributed by atoms with Gasteiger partial charge in [-0.15, -0.1) is 0 Å². The molecular formula is C19H19BrF3N5O2. The lowest BCUT2D eigenvalue weighted by atomic mass is 9.96. The lowest BCUT2D eigenvalue weighted by Gasteiger charge is -2.28. The fourth-order valence-electron chi connectivity index (χ4n) is 3.07. The second-order valence-electron chi connectivity index (χ2n) is 6.85. The standard InChI is InChI=1S/C19H19BrF3N5O2/c1-10-7-25-18(28-17(10)27-15-9-30-3-2-11(15)6-24)26-13-4-12(8-29)16(20)14(5-13)19(21,22)23/h4-5,7,11,15,29H,2-3,8-9H2,1H3,(H2,25,26,27,28)/t11-,15+/m0/s1. The lowest BCUT2D eigenvalue weighted by molar-refractivity contribution is -0.138. The minimum absolute atomic E-state index is 0.0765.